The van der Waals surface area contributed by atoms with E-state index in [0.717, 1.165) is 12.8 Å². The largest absolute Gasteiger partial charge is 0.494 e. The molecule has 1 aliphatic rings. The molecule has 1 aliphatic carbocycles. The maximum atomic E-state index is 13.1. The average molecular weight is 238 g/mol. The molecular formula is C12H15FN2O2. The monoisotopic (exact) mass is 238 g/mol. The first-order valence-electron chi connectivity index (χ1n) is 5.56. The third-order valence-corrected chi connectivity index (χ3v) is 2.56. The third kappa shape index (κ3) is 3.42. The van der Waals surface area contributed by atoms with Crippen molar-refractivity contribution in [1.29, 1.82) is 0 Å². The van der Waals surface area contributed by atoms with E-state index >= 15 is 0 Å². The van der Waals surface area contributed by atoms with E-state index in [4.69, 9.17) is 4.74 Å². The van der Waals surface area contributed by atoms with E-state index in [9.17, 15) is 9.18 Å². The number of halogens is 1. The Balaban J connectivity index is 1.90. The van der Waals surface area contributed by atoms with Gasteiger partial charge in [-0.15, -0.1) is 0 Å². The van der Waals surface area contributed by atoms with Crippen molar-refractivity contribution < 1.29 is 13.9 Å². The number of ether oxygens (including phenoxy) is 1. The molecule has 1 aromatic rings. The third-order valence-electron chi connectivity index (χ3n) is 2.56. The fourth-order valence-electron chi connectivity index (χ4n) is 1.47. The number of benzene rings is 1. The quantitative estimate of drug-likeness (QED) is 0.817. The Labute approximate surface area is 99.2 Å². The molecule has 0 radical (unpaired) electrons. The number of anilines is 1. The number of methoxy groups -OCH3 is 1. The van der Waals surface area contributed by atoms with Gasteiger partial charge < -0.3 is 15.4 Å². The molecular weight excluding hydrogens is 223 g/mol. The van der Waals surface area contributed by atoms with Gasteiger partial charge in [-0.05, 0) is 25.0 Å². The molecule has 1 aromatic carbocycles. The van der Waals surface area contributed by atoms with Crippen LogP contribution in [0.15, 0.2) is 18.2 Å². The Hall–Kier alpha value is -1.62. The van der Waals surface area contributed by atoms with Crippen LogP contribution in [0.3, 0.4) is 0 Å². The molecule has 2 N–H and O–H groups in total. The molecule has 0 atom stereocenters. The summed E-state index contributed by atoms with van der Waals surface area (Å²) in [5, 5.41) is 5.78. The molecule has 1 saturated carbocycles. The fraction of sp³-hybridized carbons (Fsp3) is 0.417. The number of carbonyl (C=O) groups is 1. The molecule has 0 unspecified atom stereocenters. The smallest absolute Gasteiger partial charge is 0.238 e. The first-order chi connectivity index (χ1) is 8.19. The van der Waals surface area contributed by atoms with Crippen LogP contribution in [0.5, 0.6) is 5.75 Å². The van der Waals surface area contributed by atoms with Gasteiger partial charge in [0.15, 0.2) is 11.6 Å². The normalized spacial score (nSPS) is 14.5. The number of carbonyl (C=O) groups excluding carboxylic acids is 1. The van der Waals surface area contributed by atoms with Crippen LogP contribution in [0.25, 0.3) is 0 Å². The Morgan fingerprint density at radius 2 is 2.29 bits per heavy atom. The molecule has 5 heteroatoms. The second kappa shape index (κ2) is 5.14. The van der Waals surface area contributed by atoms with Crippen molar-refractivity contribution in [3.05, 3.63) is 24.0 Å². The highest BCUT2D eigenvalue weighted by Crippen LogP contribution is 2.21. The Morgan fingerprint density at radius 1 is 1.53 bits per heavy atom. The lowest BCUT2D eigenvalue weighted by atomic mass is 10.3. The molecule has 0 aromatic heterocycles. The highest BCUT2D eigenvalue weighted by Gasteiger charge is 2.21. The summed E-state index contributed by atoms with van der Waals surface area (Å²) >= 11 is 0. The van der Waals surface area contributed by atoms with Gasteiger partial charge in [-0.2, -0.15) is 0 Å². The number of rotatable bonds is 5. The fourth-order valence-corrected chi connectivity index (χ4v) is 1.47. The van der Waals surface area contributed by atoms with Crippen LogP contribution >= 0.6 is 0 Å². The van der Waals surface area contributed by atoms with Crippen molar-refractivity contribution in [2.75, 3.05) is 19.0 Å². The molecule has 0 aliphatic heterocycles. The van der Waals surface area contributed by atoms with Gasteiger partial charge in [-0.3, -0.25) is 4.79 Å². The molecule has 2 rings (SSSR count). The minimum Gasteiger partial charge on any atom is -0.494 e. The van der Waals surface area contributed by atoms with E-state index in [1.807, 2.05) is 0 Å². The number of hydrogen-bond donors (Lipinski definition) is 2. The van der Waals surface area contributed by atoms with Crippen LogP contribution in [0.2, 0.25) is 0 Å². The lowest BCUT2D eigenvalue weighted by Crippen LogP contribution is -2.29. The second-order valence-corrected chi connectivity index (χ2v) is 4.05. The molecule has 0 saturated heterocycles. The van der Waals surface area contributed by atoms with E-state index in [1.165, 1.54) is 25.3 Å². The zero-order valence-corrected chi connectivity index (χ0v) is 9.63. The molecule has 92 valence electrons. The van der Waals surface area contributed by atoms with Crippen LogP contribution in [0.1, 0.15) is 12.8 Å². The van der Waals surface area contributed by atoms with Crippen LogP contribution in [0.4, 0.5) is 10.1 Å². The summed E-state index contributed by atoms with van der Waals surface area (Å²) in [5.41, 5.74) is 0.533. The maximum Gasteiger partial charge on any atom is 0.238 e. The Morgan fingerprint density at radius 3 is 2.94 bits per heavy atom. The summed E-state index contributed by atoms with van der Waals surface area (Å²) in [4.78, 5) is 11.5. The summed E-state index contributed by atoms with van der Waals surface area (Å²) in [6, 6.07) is 4.73. The van der Waals surface area contributed by atoms with E-state index in [2.05, 4.69) is 10.6 Å². The lowest BCUT2D eigenvalue weighted by molar-refractivity contribution is -0.115. The molecule has 1 fully saturated rings. The molecule has 1 amide bonds. The minimum absolute atomic E-state index is 0.123. The lowest BCUT2D eigenvalue weighted by Gasteiger charge is -2.08. The average Bonchev–Trinajstić information content (AvgIpc) is 3.13. The van der Waals surface area contributed by atoms with E-state index < -0.39 is 5.82 Å². The molecule has 0 bridgehead atoms. The number of amides is 1. The molecule has 4 nitrogen and oxygen atoms in total. The zero-order valence-electron chi connectivity index (χ0n) is 9.63. The van der Waals surface area contributed by atoms with Crippen LogP contribution in [-0.4, -0.2) is 25.6 Å². The van der Waals surface area contributed by atoms with Gasteiger partial charge in [0.2, 0.25) is 5.91 Å². The zero-order chi connectivity index (χ0) is 12.3. The predicted octanol–water partition coefficient (Wildman–Crippen LogP) is 1.52. The van der Waals surface area contributed by atoms with Gasteiger partial charge in [0.1, 0.15) is 0 Å². The first kappa shape index (κ1) is 11.9. The standard InChI is InChI=1S/C12H15FN2O2/c1-17-11-6-9(4-5-10(11)13)15-12(16)7-14-8-2-3-8/h4-6,8,14H,2-3,7H2,1H3,(H,15,16). The van der Waals surface area contributed by atoms with Crippen molar-refractivity contribution in [1.82, 2.24) is 5.32 Å². The van der Waals surface area contributed by atoms with Crippen LogP contribution in [-0.2, 0) is 4.79 Å². The van der Waals surface area contributed by atoms with Gasteiger partial charge in [-0.1, -0.05) is 0 Å². The summed E-state index contributed by atoms with van der Waals surface area (Å²) in [6.07, 6.45) is 2.27. The summed E-state index contributed by atoms with van der Waals surface area (Å²) in [6.45, 7) is 0.282. The minimum atomic E-state index is -0.443. The van der Waals surface area contributed by atoms with Crippen molar-refractivity contribution in [3.8, 4) is 5.75 Å². The van der Waals surface area contributed by atoms with Gasteiger partial charge >= 0.3 is 0 Å². The van der Waals surface area contributed by atoms with E-state index in [-0.39, 0.29) is 18.2 Å². The number of hydrogen-bond acceptors (Lipinski definition) is 3. The first-order valence-corrected chi connectivity index (χ1v) is 5.56. The van der Waals surface area contributed by atoms with Crippen molar-refractivity contribution in [2.24, 2.45) is 0 Å². The van der Waals surface area contributed by atoms with E-state index in [1.54, 1.807) is 0 Å². The molecule has 17 heavy (non-hydrogen) atoms. The number of nitrogens with one attached hydrogen (secondary N) is 2. The van der Waals surface area contributed by atoms with Gasteiger partial charge in [0.25, 0.3) is 0 Å². The maximum absolute atomic E-state index is 13.1. The predicted molar refractivity (Wildman–Crippen MR) is 62.6 cm³/mol. The van der Waals surface area contributed by atoms with E-state index in [0.29, 0.717) is 11.7 Å². The van der Waals surface area contributed by atoms with Crippen LogP contribution < -0.4 is 15.4 Å². The SMILES string of the molecule is COc1cc(NC(=O)CNC2CC2)ccc1F. The Kier molecular flexibility index (Phi) is 3.58. The summed E-state index contributed by atoms with van der Waals surface area (Å²) in [5.74, 6) is -0.454. The summed E-state index contributed by atoms with van der Waals surface area (Å²) < 4.78 is 18.0. The van der Waals surface area contributed by atoms with Crippen molar-refractivity contribution in [2.45, 2.75) is 18.9 Å². The van der Waals surface area contributed by atoms with Crippen LogP contribution in [0, 0.1) is 5.82 Å². The Bertz CT molecular complexity index is 419. The topological polar surface area (TPSA) is 50.4 Å². The highest BCUT2D eigenvalue weighted by atomic mass is 19.1. The van der Waals surface area contributed by atoms with Gasteiger partial charge in [0, 0.05) is 17.8 Å². The highest BCUT2D eigenvalue weighted by molar-refractivity contribution is 5.92. The van der Waals surface area contributed by atoms with Crippen molar-refractivity contribution >= 4 is 11.6 Å². The molecule has 0 heterocycles. The second-order valence-electron chi connectivity index (χ2n) is 4.05. The van der Waals surface area contributed by atoms with Crippen molar-refractivity contribution in [3.63, 3.8) is 0 Å². The summed E-state index contributed by atoms with van der Waals surface area (Å²) in [7, 11) is 1.39. The molecule has 0 spiro atoms. The van der Waals surface area contributed by atoms with Gasteiger partial charge in [-0.25, -0.2) is 4.39 Å². The van der Waals surface area contributed by atoms with Gasteiger partial charge in [0.05, 0.1) is 13.7 Å².